The number of guanidine groups is 1. The lowest BCUT2D eigenvalue weighted by Crippen LogP contribution is -2.44. The van der Waals surface area contributed by atoms with E-state index >= 15 is 0 Å². The number of halogens is 1. The highest BCUT2D eigenvalue weighted by molar-refractivity contribution is 14.0. The van der Waals surface area contributed by atoms with Crippen molar-refractivity contribution in [2.24, 2.45) is 4.99 Å². The molecule has 0 radical (unpaired) electrons. The van der Waals surface area contributed by atoms with E-state index in [-0.39, 0.29) is 24.0 Å². The molecule has 0 aliphatic heterocycles. The van der Waals surface area contributed by atoms with E-state index < -0.39 is 5.60 Å². The van der Waals surface area contributed by atoms with Crippen molar-refractivity contribution >= 4 is 29.9 Å². The first-order valence-corrected chi connectivity index (χ1v) is 10.3. The minimum absolute atomic E-state index is 0. The molecule has 0 amide bonds. The summed E-state index contributed by atoms with van der Waals surface area (Å²) in [5.74, 6) is 0.664. The number of aliphatic imine (C=N–C) groups is 1. The Balaban J connectivity index is 0.00000341. The van der Waals surface area contributed by atoms with Crippen LogP contribution in [0.15, 0.2) is 65.7 Å². The molecule has 0 saturated heterocycles. The second-order valence-corrected chi connectivity index (χ2v) is 7.66. The summed E-state index contributed by atoms with van der Waals surface area (Å²) in [6, 6.07) is 19.9. The Morgan fingerprint density at radius 2 is 1.74 bits per heavy atom. The number of hydrogen-bond donors (Lipinski definition) is 3. The van der Waals surface area contributed by atoms with Crippen LogP contribution in [0.3, 0.4) is 0 Å². The molecule has 166 valence electrons. The number of para-hydroxylation sites is 1. The molecular weight excluding hydrogens is 501 g/mol. The van der Waals surface area contributed by atoms with Crippen LogP contribution in [-0.4, -0.2) is 33.9 Å². The monoisotopic (exact) mass is 533 g/mol. The molecular formula is C24H32IN5O. The molecule has 0 bridgehead atoms. The fourth-order valence-corrected chi connectivity index (χ4v) is 3.39. The van der Waals surface area contributed by atoms with E-state index in [9.17, 15) is 5.11 Å². The third kappa shape index (κ3) is 6.54. The first kappa shape index (κ1) is 24.9. The first-order chi connectivity index (χ1) is 14.4. The molecule has 1 heterocycles. The van der Waals surface area contributed by atoms with E-state index in [1.165, 1.54) is 0 Å². The van der Waals surface area contributed by atoms with Crippen LogP contribution >= 0.6 is 24.0 Å². The zero-order valence-electron chi connectivity index (χ0n) is 18.6. The fraction of sp³-hybridized carbons (Fsp3) is 0.333. The Labute approximate surface area is 201 Å². The van der Waals surface area contributed by atoms with E-state index in [0.717, 1.165) is 34.7 Å². The highest BCUT2D eigenvalue weighted by atomic mass is 127. The molecule has 6 nitrogen and oxygen atoms in total. The highest BCUT2D eigenvalue weighted by Gasteiger charge is 2.23. The fourth-order valence-electron chi connectivity index (χ4n) is 3.39. The largest absolute Gasteiger partial charge is 0.384 e. The van der Waals surface area contributed by atoms with Gasteiger partial charge in [0.2, 0.25) is 0 Å². The second-order valence-electron chi connectivity index (χ2n) is 7.66. The third-order valence-corrected chi connectivity index (χ3v) is 4.98. The van der Waals surface area contributed by atoms with E-state index in [1.54, 1.807) is 6.92 Å². The number of aliphatic hydroxyl groups is 1. The van der Waals surface area contributed by atoms with Crippen LogP contribution < -0.4 is 10.6 Å². The number of benzene rings is 2. The molecule has 0 fully saturated rings. The molecule has 3 N–H and O–H groups in total. The van der Waals surface area contributed by atoms with Crippen LogP contribution in [0, 0.1) is 13.8 Å². The van der Waals surface area contributed by atoms with Gasteiger partial charge in [0.25, 0.3) is 0 Å². The molecule has 1 aromatic heterocycles. The molecule has 2 aromatic carbocycles. The zero-order valence-corrected chi connectivity index (χ0v) is 20.9. The van der Waals surface area contributed by atoms with Crippen molar-refractivity contribution in [2.75, 3.05) is 13.1 Å². The van der Waals surface area contributed by atoms with Gasteiger partial charge < -0.3 is 15.7 Å². The summed E-state index contributed by atoms with van der Waals surface area (Å²) in [5.41, 5.74) is 4.05. The summed E-state index contributed by atoms with van der Waals surface area (Å²) in [5, 5.41) is 22.0. The van der Waals surface area contributed by atoms with E-state index in [1.807, 2.05) is 61.0 Å². The van der Waals surface area contributed by atoms with Crippen molar-refractivity contribution in [2.45, 2.75) is 39.8 Å². The number of rotatable bonds is 7. The molecule has 3 rings (SSSR count). The molecule has 1 unspecified atom stereocenters. The van der Waals surface area contributed by atoms with Gasteiger partial charge in [-0.1, -0.05) is 48.5 Å². The smallest absolute Gasteiger partial charge is 0.191 e. The van der Waals surface area contributed by atoms with E-state index in [2.05, 4.69) is 40.9 Å². The Hall–Kier alpha value is -2.39. The topological polar surface area (TPSA) is 74.5 Å². The lowest BCUT2D eigenvalue weighted by Gasteiger charge is -2.25. The second kappa shape index (κ2) is 11.3. The Bertz CT molecular complexity index is 998. The number of nitrogens with one attached hydrogen (secondary N) is 2. The summed E-state index contributed by atoms with van der Waals surface area (Å²) >= 11 is 0. The summed E-state index contributed by atoms with van der Waals surface area (Å²) in [6.45, 7) is 9.46. The molecule has 0 aliphatic rings. The van der Waals surface area contributed by atoms with Gasteiger partial charge in [0.15, 0.2) is 5.96 Å². The molecule has 3 aromatic rings. The van der Waals surface area contributed by atoms with Crippen LogP contribution in [0.1, 0.15) is 36.4 Å². The Morgan fingerprint density at radius 1 is 1.06 bits per heavy atom. The number of aromatic nitrogens is 2. The quantitative estimate of drug-likeness (QED) is 0.243. The average molecular weight is 533 g/mol. The summed E-state index contributed by atoms with van der Waals surface area (Å²) in [4.78, 5) is 4.75. The number of nitrogens with zero attached hydrogens (tertiary/aromatic N) is 3. The van der Waals surface area contributed by atoms with Gasteiger partial charge in [-0.3, -0.25) is 0 Å². The van der Waals surface area contributed by atoms with Crippen LogP contribution in [0.5, 0.6) is 0 Å². The van der Waals surface area contributed by atoms with Crippen molar-refractivity contribution in [3.63, 3.8) is 0 Å². The minimum atomic E-state index is -1.00. The van der Waals surface area contributed by atoms with Crippen molar-refractivity contribution in [3.05, 3.63) is 83.2 Å². The maximum Gasteiger partial charge on any atom is 0.191 e. The highest BCUT2D eigenvalue weighted by Crippen LogP contribution is 2.19. The SMILES string of the molecule is CCNC(=NCc1ccccc1-n1nc(C)cc1C)NCC(C)(O)c1ccccc1.I. The molecule has 0 spiro atoms. The van der Waals surface area contributed by atoms with Crippen molar-refractivity contribution in [1.29, 1.82) is 0 Å². The van der Waals surface area contributed by atoms with Gasteiger partial charge in [-0.05, 0) is 51.0 Å². The molecule has 31 heavy (non-hydrogen) atoms. The third-order valence-electron chi connectivity index (χ3n) is 4.98. The normalized spacial score (nSPS) is 13.3. The van der Waals surface area contributed by atoms with Crippen molar-refractivity contribution in [3.8, 4) is 5.69 Å². The summed E-state index contributed by atoms with van der Waals surface area (Å²) in [6.07, 6.45) is 0. The number of aryl methyl sites for hydroxylation is 2. The molecule has 0 aliphatic carbocycles. The van der Waals surface area contributed by atoms with Gasteiger partial charge in [0.1, 0.15) is 5.60 Å². The summed E-state index contributed by atoms with van der Waals surface area (Å²) in [7, 11) is 0. The maximum atomic E-state index is 10.9. The predicted molar refractivity (Wildman–Crippen MR) is 137 cm³/mol. The Kier molecular flexibility index (Phi) is 9.06. The lowest BCUT2D eigenvalue weighted by molar-refractivity contribution is 0.0617. The standard InChI is InChI=1S/C24H31N5O.HI/c1-5-25-23(27-17-24(4,30)21-12-7-6-8-13-21)26-16-20-11-9-10-14-22(20)29-19(3)15-18(2)28-29;/h6-15,30H,5,16-17H2,1-4H3,(H2,25,26,27);1H. The van der Waals surface area contributed by atoms with E-state index in [4.69, 9.17) is 4.99 Å². The minimum Gasteiger partial charge on any atom is -0.384 e. The maximum absolute atomic E-state index is 10.9. The van der Waals surface area contributed by atoms with Crippen molar-refractivity contribution < 1.29 is 5.11 Å². The first-order valence-electron chi connectivity index (χ1n) is 10.3. The van der Waals surface area contributed by atoms with Gasteiger partial charge in [0, 0.05) is 12.2 Å². The van der Waals surface area contributed by atoms with Gasteiger partial charge >= 0.3 is 0 Å². The lowest BCUT2D eigenvalue weighted by atomic mass is 9.96. The summed E-state index contributed by atoms with van der Waals surface area (Å²) < 4.78 is 1.96. The average Bonchev–Trinajstić information content (AvgIpc) is 3.08. The number of hydrogen-bond acceptors (Lipinski definition) is 3. The van der Waals surface area contributed by atoms with Crippen molar-refractivity contribution in [1.82, 2.24) is 20.4 Å². The zero-order chi connectivity index (χ0) is 21.6. The van der Waals surface area contributed by atoms with Crippen LogP contribution in [0.4, 0.5) is 0 Å². The van der Waals surface area contributed by atoms with Gasteiger partial charge in [0.05, 0.1) is 24.5 Å². The molecule has 1 atom stereocenters. The van der Waals surface area contributed by atoms with Crippen LogP contribution in [-0.2, 0) is 12.1 Å². The molecule has 0 saturated carbocycles. The Morgan fingerprint density at radius 3 is 2.39 bits per heavy atom. The van der Waals surface area contributed by atoms with E-state index in [0.29, 0.717) is 19.0 Å². The van der Waals surface area contributed by atoms with Crippen LogP contribution in [0.25, 0.3) is 5.69 Å². The van der Waals surface area contributed by atoms with Crippen LogP contribution in [0.2, 0.25) is 0 Å². The van der Waals surface area contributed by atoms with Gasteiger partial charge in [-0.15, -0.1) is 24.0 Å². The van der Waals surface area contributed by atoms with Gasteiger partial charge in [-0.25, -0.2) is 9.67 Å². The predicted octanol–water partition coefficient (Wildman–Crippen LogP) is 4.07. The van der Waals surface area contributed by atoms with Gasteiger partial charge in [-0.2, -0.15) is 5.10 Å². The molecule has 7 heteroatoms.